The van der Waals surface area contributed by atoms with Crippen molar-refractivity contribution >= 4 is 5.97 Å². The summed E-state index contributed by atoms with van der Waals surface area (Å²) in [6, 6.07) is 10.3. The number of carboxylic acid groups (broad SMARTS) is 1. The largest absolute Gasteiger partial charge is 0.480 e. The second-order valence-electron chi connectivity index (χ2n) is 5.02. The van der Waals surface area contributed by atoms with E-state index in [0.717, 1.165) is 6.42 Å². The van der Waals surface area contributed by atoms with E-state index in [4.69, 9.17) is 5.11 Å². The summed E-state index contributed by atoms with van der Waals surface area (Å²) in [7, 11) is 0. The highest BCUT2D eigenvalue weighted by Gasteiger charge is 2.29. The van der Waals surface area contributed by atoms with Crippen LogP contribution in [0.25, 0.3) is 0 Å². The third-order valence-electron chi connectivity index (χ3n) is 3.64. The molecule has 0 amide bonds. The lowest BCUT2D eigenvalue weighted by atomic mass is 9.95. The molecule has 3 heteroatoms. The van der Waals surface area contributed by atoms with Gasteiger partial charge >= 0.3 is 5.97 Å². The molecule has 0 aromatic heterocycles. The van der Waals surface area contributed by atoms with Crippen LogP contribution in [0.3, 0.4) is 0 Å². The molecule has 0 spiro atoms. The minimum absolute atomic E-state index is 0.439. The van der Waals surface area contributed by atoms with Gasteiger partial charge in [-0.25, -0.2) is 0 Å². The van der Waals surface area contributed by atoms with Crippen molar-refractivity contribution in [1.82, 2.24) is 5.32 Å². The first-order chi connectivity index (χ1) is 8.49. The first kappa shape index (κ1) is 14.7. The fourth-order valence-corrected chi connectivity index (χ4v) is 1.86. The van der Waals surface area contributed by atoms with Crippen molar-refractivity contribution < 1.29 is 9.90 Å². The number of benzene rings is 1. The fraction of sp³-hybridized carbons (Fsp3) is 0.533. The van der Waals surface area contributed by atoms with Gasteiger partial charge in [0.2, 0.25) is 0 Å². The highest BCUT2D eigenvalue weighted by atomic mass is 16.4. The van der Waals surface area contributed by atoms with Crippen LogP contribution in [0, 0.1) is 0 Å². The van der Waals surface area contributed by atoms with E-state index >= 15 is 0 Å². The van der Waals surface area contributed by atoms with Crippen molar-refractivity contribution in [2.24, 2.45) is 0 Å². The molecule has 0 saturated heterocycles. The van der Waals surface area contributed by atoms with E-state index in [1.54, 1.807) is 6.92 Å². The average molecular weight is 249 g/mol. The molecule has 0 saturated carbocycles. The van der Waals surface area contributed by atoms with E-state index in [1.807, 2.05) is 25.1 Å². The maximum Gasteiger partial charge on any atom is 0.323 e. The first-order valence-electron chi connectivity index (χ1n) is 6.53. The van der Waals surface area contributed by atoms with Crippen molar-refractivity contribution in [1.29, 1.82) is 0 Å². The minimum Gasteiger partial charge on any atom is -0.480 e. The van der Waals surface area contributed by atoms with Crippen molar-refractivity contribution in [3.8, 4) is 0 Å². The van der Waals surface area contributed by atoms with E-state index < -0.39 is 11.5 Å². The molecule has 0 radical (unpaired) electrons. The molecule has 1 rings (SSSR count). The molecule has 0 aliphatic rings. The highest BCUT2D eigenvalue weighted by Crippen LogP contribution is 2.18. The fourth-order valence-electron chi connectivity index (χ4n) is 1.86. The molecule has 1 aromatic rings. The molecule has 100 valence electrons. The molecule has 0 fully saturated rings. The van der Waals surface area contributed by atoms with Gasteiger partial charge in [-0.3, -0.25) is 4.79 Å². The number of aliphatic carboxylic acids is 1. The second-order valence-corrected chi connectivity index (χ2v) is 5.02. The molecule has 0 bridgehead atoms. The maximum atomic E-state index is 11.1. The highest BCUT2D eigenvalue weighted by molar-refractivity contribution is 5.78. The number of rotatable bonds is 7. The maximum absolute atomic E-state index is 11.1. The van der Waals surface area contributed by atoms with E-state index in [9.17, 15) is 4.79 Å². The molecular formula is C15H23NO2. The lowest BCUT2D eigenvalue weighted by molar-refractivity contribution is -0.144. The smallest absolute Gasteiger partial charge is 0.323 e. The summed E-state index contributed by atoms with van der Waals surface area (Å²) < 4.78 is 0. The predicted molar refractivity (Wildman–Crippen MR) is 73.8 cm³/mol. The van der Waals surface area contributed by atoms with Crippen LogP contribution in [-0.4, -0.2) is 23.2 Å². The van der Waals surface area contributed by atoms with Crippen LogP contribution >= 0.6 is 0 Å². The quantitative estimate of drug-likeness (QED) is 0.781. The number of hydrogen-bond donors (Lipinski definition) is 2. The molecule has 2 N–H and O–H groups in total. The molecule has 18 heavy (non-hydrogen) atoms. The Hall–Kier alpha value is -1.35. The van der Waals surface area contributed by atoms with Crippen LogP contribution in [0.2, 0.25) is 0 Å². The van der Waals surface area contributed by atoms with Crippen molar-refractivity contribution in [3.63, 3.8) is 0 Å². The molecule has 3 nitrogen and oxygen atoms in total. The molecule has 0 heterocycles. The van der Waals surface area contributed by atoms with Gasteiger partial charge in [0.1, 0.15) is 5.54 Å². The Kier molecular flexibility index (Phi) is 5.35. The van der Waals surface area contributed by atoms with Gasteiger partial charge in [-0.2, -0.15) is 0 Å². The van der Waals surface area contributed by atoms with Crippen molar-refractivity contribution in [2.75, 3.05) is 6.54 Å². The van der Waals surface area contributed by atoms with Gasteiger partial charge in [-0.15, -0.1) is 0 Å². The molecule has 0 aliphatic heterocycles. The Morgan fingerprint density at radius 3 is 2.50 bits per heavy atom. The van der Waals surface area contributed by atoms with Gasteiger partial charge in [0.15, 0.2) is 0 Å². The van der Waals surface area contributed by atoms with E-state index in [-0.39, 0.29) is 0 Å². The molecule has 2 unspecified atom stereocenters. The number of hydrogen-bond acceptors (Lipinski definition) is 2. The van der Waals surface area contributed by atoms with Crippen LogP contribution in [0.15, 0.2) is 30.3 Å². The van der Waals surface area contributed by atoms with Crippen molar-refractivity contribution in [3.05, 3.63) is 35.9 Å². The average Bonchev–Trinajstić information content (AvgIpc) is 2.39. The summed E-state index contributed by atoms with van der Waals surface area (Å²) in [5.41, 5.74) is 0.490. The van der Waals surface area contributed by atoms with E-state index in [0.29, 0.717) is 18.9 Å². The SMILES string of the molecule is CCC(C)(NCCC(C)c1ccccc1)C(=O)O. The number of carbonyl (C=O) groups is 1. The topological polar surface area (TPSA) is 49.3 Å². The van der Waals surface area contributed by atoms with Gasteiger partial charge < -0.3 is 10.4 Å². The normalized spacial score (nSPS) is 15.9. The van der Waals surface area contributed by atoms with Gasteiger partial charge in [0.05, 0.1) is 0 Å². The van der Waals surface area contributed by atoms with Crippen LogP contribution in [0.5, 0.6) is 0 Å². The van der Waals surface area contributed by atoms with Crippen LogP contribution in [0.1, 0.15) is 45.1 Å². The monoisotopic (exact) mass is 249 g/mol. The minimum atomic E-state index is -0.809. The molecular weight excluding hydrogens is 226 g/mol. The Bertz CT molecular complexity index is 377. The van der Waals surface area contributed by atoms with Gasteiger partial charge in [0, 0.05) is 0 Å². The van der Waals surface area contributed by atoms with Crippen LogP contribution in [0.4, 0.5) is 0 Å². The Morgan fingerprint density at radius 1 is 1.39 bits per heavy atom. The van der Waals surface area contributed by atoms with Gasteiger partial charge in [-0.1, -0.05) is 44.2 Å². The second kappa shape index (κ2) is 6.55. The zero-order valence-electron chi connectivity index (χ0n) is 11.4. The third-order valence-corrected chi connectivity index (χ3v) is 3.64. The lowest BCUT2D eigenvalue weighted by Crippen LogP contribution is -2.49. The molecule has 1 aromatic carbocycles. The standard InChI is InChI=1S/C15H23NO2/c1-4-15(3,14(17)18)16-11-10-12(2)13-8-6-5-7-9-13/h5-9,12,16H,4,10-11H2,1-3H3,(H,17,18). The zero-order chi connectivity index (χ0) is 13.6. The number of nitrogens with one attached hydrogen (secondary N) is 1. The molecule has 2 atom stereocenters. The Morgan fingerprint density at radius 2 is 2.00 bits per heavy atom. The first-order valence-corrected chi connectivity index (χ1v) is 6.53. The predicted octanol–water partition coefficient (Wildman–Crippen LogP) is 3.02. The number of carboxylic acids is 1. The summed E-state index contributed by atoms with van der Waals surface area (Å²) >= 11 is 0. The van der Waals surface area contributed by atoms with E-state index in [1.165, 1.54) is 5.56 Å². The van der Waals surface area contributed by atoms with Gasteiger partial charge in [0.25, 0.3) is 0 Å². The Labute approximate surface area is 109 Å². The summed E-state index contributed by atoms with van der Waals surface area (Å²) in [6.45, 7) is 6.51. The summed E-state index contributed by atoms with van der Waals surface area (Å²) in [6.07, 6.45) is 1.52. The lowest BCUT2D eigenvalue weighted by Gasteiger charge is -2.25. The molecule has 0 aliphatic carbocycles. The van der Waals surface area contributed by atoms with Gasteiger partial charge in [-0.05, 0) is 37.8 Å². The third kappa shape index (κ3) is 3.84. The zero-order valence-corrected chi connectivity index (χ0v) is 11.4. The van der Waals surface area contributed by atoms with Crippen LogP contribution < -0.4 is 5.32 Å². The summed E-state index contributed by atoms with van der Waals surface area (Å²) in [4.78, 5) is 11.1. The Balaban J connectivity index is 2.45. The van der Waals surface area contributed by atoms with E-state index in [2.05, 4.69) is 24.4 Å². The van der Waals surface area contributed by atoms with Crippen molar-refractivity contribution in [2.45, 2.75) is 45.1 Å². The summed E-state index contributed by atoms with van der Waals surface area (Å²) in [5.74, 6) is -0.342. The van der Waals surface area contributed by atoms with Crippen LogP contribution in [-0.2, 0) is 4.79 Å². The summed E-state index contributed by atoms with van der Waals surface area (Å²) in [5, 5.41) is 12.3.